The minimum absolute atomic E-state index is 0.0467. The SMILES string of the molecule is COC(=O)c1nc([C@@H](C)NC(=O)C(=O)CBr)oc1C. The summed E-state index contributed by atoms with van der Waals surface area (Å²) in [5.41, 5.74) is 0.0467. The van der Waals surface area contributed by atoms with Gasteiger partial charge in [-0.05, 0) is 13.8 Å². The third kappa shape index (κ3) is 3.63. The van der Waals surface area contributed by atoms with E-state index in [9.17, 15) is 14.4 Å². The zero-order chi connectivity index (χ0) is 14.6. The van der Waals surface area contributed by atoms with Gasteiger partial charge in [0, 0.05) is 0 Å². The molecule has 8 heteroatoms. The Morgan fingerprint density at radius 3 is 2.63 bits per heavy atom. The molecule has 1 atom stereocenters. The minimum atomic E-state index is -0.750. The van der Waals surface area contributed by atoms with E-state index >= 15 is 0 Å². The van der Waals surface area contributed by atoms with Crippen molar-refractivity contribution in [3.05, 3.63) is 17.3 Å². The number of nitrogens with zero attached hydrogens (tertiary/aromatic N) is 1. The molecule has 0 radical (unpaired) electrons. The first-order valence-corrected chi connectivity index (χ1v) is 6.48. The number of ketones is 1. The van der Waals surface area contributed by atoms with Crippen LogP contribution in [0.1, 0.15) is 35.1 Å². The Hall–Kier alpha value is -1.70. The predicted molar refractivity (Wildman–Crippen MR) is 67.9 cm³/mol. The van der Waals surface area contributed by atoms with E-state index in [4.69, 9.17) is 4.42 Å². The second-order valence-electron chi connectivity index (χ2n) is 3.70. The lowest BCUT2D eigenvalue weighted by molar-refractivity contribution is -0.136. The molecule has 0 aliphatic rings. The number of rotatable bonds is 5. The second kappa shape index (κ2) is 6.46. The molecule has 7 nitrogen and oxygen atoms in total. The van der Waals surface area contributed by atoms with Crippen LogP contribution in [0.5, 0.6) is 0 Å². The largest absolute Gasteiger partial charge is 0.464 e. The Kier molecular flexibility index (Phi) is 5.22. The first-order valence-electron chi connectivity index (χ1n) is 5.36. The van der Waals surface area contributed by atoms with Gasteiger partial charge in [0.2, 0.25) is 11.7 Å². The highest BCUT2D eigenvalue weighted by Gasteiger charge is 2.23. The number of hydrogen-bond donors (Lipinski definition) is 1. The second-order valence-corrected chi connectivity index (χ2v) is 4.26. The Labute approximate surface area is 117 Å². The average Bonchev–Trinajstić information content (AvgIpc) is 2.78. The van der Waals surface area contributed by atoms with Gasteiger partial charge in [-0.3, -0.25) is 9.59 Å². The van der Waals surface area contributed by atoms with Crippen molar-refractivity contribution >= 4 is 33.6 Å². The monoisotopic (exact) mass is 332 g/mol. The number of amides is 1. The van der Waals surface area contributed by atoms with E-state index in [1.54, 1.807) is 13.8 Å². The first-order chi connectivity index (χ1) is 8.90. The summed E-state index contributed by atoms with van der Waals surface area (Å²) in [7, 11) is 1.23. The van der Waals surface area contributed by atoms with Crippen LogP contribution in [0.2, 0.25) is 0 Å². The highest BCUT2D eigenvalue weighted by molar-refractivity contribution is 9.09. The summed E-state index contributed by atoms with van der Waals surface area (Å²) in [6.45, 7) is 3.15. The van der Waals surface area contributed by atoms with Gasteiger partial charge < -0.3 is 14.5 Å². The lowest BCUT2D eigenvalue weighted by atomic mass is 10.3. The van der Waals surface area contributed by atoms with Crippen LogP contribution in [-0.4, -0.2) is 35.1 Å². The van der Waals surface area contributed by atoms with E-state index in [1.807, 2.05) is 0 Å². The number of alkyl halides is 1. The zero-order valence-electron chi connectivity index (χ0n) is 10.7. The molecular formula is C11H13BrN2O5. The lowest BCUT2D eigenvalue weighted by Gasteiger charge is -2.08. The summed E-state index contributed by atoms with van der Waals surface area (Å²) in [6, 6.07) is -0.632. The van der Waals surface area contributed by atoms with Gasteiger partial charge in [-0.2, -0.15) is 0 Å². The Balaban J connectivity index is 2.84. The lowest BCUT2D eigenvalue weighted by Crippen LogP contribution is -2.33. The molecule has 19 heavy (non-hydrogen) atoms. The van der Waals surface area contributed by atoms with E-state index in [1.165, 1.54) is 7.11 Å². The first kappa shape index (κ1) is 15.4. The predicted octanol–water partition coefficient (Wildman–Crippen LogP) is 0.911. The number of aryl methyl sites for hydroxylation is 1. The normalized spacial score (nSPS) is 11.8. The molecule has 0 saturated carbocycles. The number of oxazole rings is 1. The van der Waals surface area contributed by atoms with Crippen LogP contribution in [0.4, 0.5) is 0 Å². The minimum Gasteiger partial charge on any atom is -0.464 e. The number of Topliss-reactive ketones (excluding diaryl/α,β-unsaturated/α-hetero) is 1. The maximum absolute atomic E-state index is 11.4. The quantitative estimate of drug-likeness (QED) is 0.489. The molecule has 1 N–H and O–H groups in total. The Bertz CT molecular complexity index is 511. The van der Waals surface area contributed by atoms with Gasteiger partial charge in [0.25, 0.3) is 5.91 Å². The summed E-state index contributed by atoms with van der Waals surface area (Å²) in [4.78, 5) is 37.8. The fourth-order valence-electron chi connectivity index (χ4n) is 1.29. The van der Waals surface area contributed by atoms with Crippen molar-refractivity contribution < 1.29 is 23.5 Å². The molecule has 0 bridgehead atoms. The van der Waals surface area contributed by atoms with Crippen molar-refractivity contribution in [1.29, 1.82) is 0 Å². The fraction of sp³-hybridized carbons (Fsp3) is 0.455. The Morgan fingerprint density at radius 1 is 1.47 bits per heavy atom. The van der Waals surface area contributed by atoms with Crippen LogP contribution < -0.4 is 5.32 Å². The molecule has 1 heterocycles. The standard InChI is InChI=1S/C11H13BrN2O5/c1-5(13-9(16)7(15)4-12)10-14-8(6(2)19-10)11(17)18-3/h5H,4H2,1-3H3,(H,13,16)/t5-/m1/s1. The number of aromatic nitrogens is 1. The number of carbonyl (C=O) groups excluding carboxylic acids is 3. The molecule has 1 aromatic rings. The van der Waals surface area contributed by atoms with Crippen LogP contribution in [0.25, 0.3) is 0 Å². The van der Waals surface area contributed by atoms with E-state index in [0.717, 1.165) is 0 Å². The topological polar surface area (TPSA) is 98.5 Å². The smallest absolute Gasteiger partial charge is 0.360 e. The third-order valence-corrected chi connectivity index (χ3v) is 2.79. The maximum atomic E-state index is 11.4. The number of halogens is 1. The van der Waals surface area contributed by atoms with E-state index in [2.05, 4.69) is 31.0 Å². The molecule has 0 unspecified atom stereocenters. The number of nitrogens with one attached hydrogen (secondary N) is 1. The van der Waals surface area contributed by atoms with Crippen molar-refractivity contribution in [3.63, 3.8) is 0 Å². The Morgan fingerprint density at radius 2 is 2.11 bits per heavy atom. The molecule has 1 rings (SSSR count). The zero-order valence-corrected chi connectivity index (χ0v) is 12.2. The van der Waals surface area contributed by atoms with E-state index < -0.39 is 23.7 Å². The molecule has 104 valence electrons. The highest BCUT2D eigenvalue weighted by atomic mass is 79.9. The maximum Gasteiger partial charge on any atom is 0.360 e. The average molecular weight is 333 g/mol. The van der Waals surface area contributed by atoms with E-state index in [-0.39, 0.29) is 22.7 Å². The van der Waals surface area contributed by atoms with E-state index in [0.29, 0.717) is 0 Å². The van der Waals surface area contributed by atoms with Crippen molar-refractivity contribution in [1.82, 2.24) is 10.3 Å². The number of hydrogen-bond acceptors (Lipinski definition) is 6. The van der Waals surface area contributed by atoms with Gasteiger partial charge >= 0.3 is 5.97 Å². The van der Waals surface area contributed by atoms with Gasteiger partial charge in [0.1, 0.15) is 11.8 Å². The summed E-state index contributed by atoms with van der Waals surface area (Å²) < 4.78 is 9.80. The molecule has 0 aliphatic heterocycles. The van der Waals surface area contributed by atoms with Crippen molar-refractivity contribution in [2.45, 2.75) is 19.9 Å². The summed E-state index contributed by atoms with van der Waals surface area (Å²) in [6.07, 6.45) is 0. The third-order valence-electron chi connectivity index (χ3n) is 2.28. The molecular weight excluding hydrogens is 320 g/mol. The van der Waals surface area contributed by atoms with Crippen molar-refractivity contribution in [3.8, 4) is 0 Å². The molecule has 0 spiro atoms. The summed E-state index contributed by atoms with van der Waals surface area (Å²) >= 11 is 2.90. The van der Waals surface area contributed by atoms with Gasteiger partial charge in [-0.15, -0.1) is 0 Å². The molecule has 0 saturated heterocycles. The van der Waals surface area contributed by atoms with Gasteiger partial charge in [0.15, 0.2) is 5.69 Å². The highest BCUT2D eigenvalue weighted by Crippen LogP contribution is 2.17. The van der Waals surface area contributed by atoms with Crippen molar-refractivity contribution in [2.75, 3.05) is 12.4 Å². The van der Waals surface area contributed by atoms with Crippen LogP contribution in [-0.2, 0) is 14.3 Å². The number of esters is 1. The van der Waals surface area contributed by atoms with Crippen LogP contribution in [0.3, 0.4) is 0 Å². The fourth-order valence-corrected chi connectivity index (χ4v) is 1.54. The molecule has 1 amide bonds. The molecule has 0 aliphatic carbocycles. The van der Waals surface area contributed by atoms with Gasteiger partial charge in [-0.1, -0.05) is 15.9 Å². The molecule has 1 aromatic heterocycles. The number of methoxy groups -OCH3 is 1. The van der Waals surface area contributed by atoms with Crippen molar-refractivity contribution in [2.24, 2.45) is 0 Å². The van der Waals surface area contributed by atoms with Crippen LogP contribution >= 0.6 is 15.9 Å². The number of carbonyl (C=O) groups is 3. The number of ether oxygens (including phenoxy) is 1. The summed E-state index contributed by atoms with van der Waals surface area (Å²) in [5, 5.41) is 2.35. The van der Waals surface area contributed by atoms with Crippen LogP contribution in [0, 0.1) is 6.92 Å². The van der Waals surface area contributed by atoms with Gasteiger partial charge in [0.05, 0.1) is 12.4 Å². The molecule has 0 fully saturated rings. The summed E-state index contributed by atoms with van der Waals surface area (Å²) in [5.74, 6) is -1.56. The molecule has 0 aromatic carbocycles. The van der Waals surface area contributed by atoms with Gasteiger partial charge in [-0.25, -0.2) is 9.78 Å². The van der Waals surface area contributed by atoms with Crippen LogP contribution in [0.15, 0.2) is 4.42 Å².